The van der Waals surface area contributed by atoms with Crippen molar-refractivity contribution >= 4 is 47.4 Å². The van der Waals surface area contributed by atoms with Crippen LogP contribution in [0.2, 0.25) is 15.3 Å². The number of hydrogen-bond donors (Lipinski definition) is 2. The van der Waals surface area contributed by atoms with Crippen LogP contribution in [0.25, 0.3) is 79.2 Å². The van der Waals surface area contributed by atoms with Crippen LogP contribution in [0.4, 0.5) is 0 Å². The fraction of sp³-hybridized carbons (Fsp3) is 0. The fourth-order valence-corrected chi connectivity index (χ4v) is 7.08. The standard InChI is InChI=1S/C27H18ClN3.C21H14ClN3.C6H6BClO2/c28-24-17-15-23(16-18-24)27-30-25(21-9-5-2-6-10-21)29-26(31-27)22-13-11-20(12-14-22)19-7-3-1-4-8-19;22-21-24-19(17-9-5-2-6-10-17)23-20(25-21)18-13-11-16(12-14-18)15-7-3-1-4-8-15;8-6-3-1-5(2-4-6)7(9)10/h1-18H;1-14H;1-4,9-10H. The van der Waals surface area contributed by atoms with Gasteiger partial charge in [-0.05, 0) is 75.7 Å². The van der Waals surface area contributed by atoms with E-state index in [1.165, 1.54) is 11.1 Å². The van der Waals surface area contributed by atoms with Gasteiger partial charge in [0, 0.05) is 37.9 Å². The maximum atomic E-state index is 8.63. The van der Waals surface area contributed by atoms with Crippen molar-refractivity contribution in [3.05, 3.63) is 234 Å². The minimum atomic E-state index is -1.41. The van der Waals surface area contributed by atoms with Crippen LogP contribution >= 0.6 is 34.8 Å². The van der Waals surface area contributed by atoms with Crippen molar-refractivity contribution in [2.75, 3.05) is 0 Å². The predicted octanol–water partition coefficient (Wildman–Crippen LogP) is 12.7. The number of benzene rings is 8. The molecule has 0 atom stereocenters. The van der Waals surface area contributed by atoms with E-state index in [1.54, 1.807) is 24.3 Å². The average Bonchev–Trinajstić information content (AvgIpc) is 3.38. The van der Waals surface area contributed by atoms with Crippen LogP contribution in [0, 0.1) is 0 Å². The molecule has 0 amide bonds. The number of aromatic nitrogens is 6. The minimum Gasteiger partial charge on any atom is -0.423 e. The second-order valence-corrected chi connectivity index (χ2v) is 15.8. The van der Waals surface area contributed by atoms with Crippen molar-refractivity contribution in [1.29, 1.82) is 0 Å². The van der Waals surface area contributed by atoms with E-state index in [0.717, 1.165) is 38.9 Å². The Labute approximate surface area is 398 Å². The van der Waals surface area contributed by atoms with Crippen molar-refractivity contribution in [3.63, 3.8) is 0 Å². The molecule has 0 aliphatic rings. The molecule has 2 aromatic heterocycles. The van der Waals surface area contributed by atoms with E-state index >= 15 is 0 Å². The van der Waals surface area contributed by atoms with Gasteiger partial charge in [0.25, 0.3) is 0 Å². The van der Waals surface area contributed by atoms with Crippen molar-refractivity contribution < 1.29 is 10.0 Å². The lowest BCUT2D eigenvalue weighted by Crippen LogP contribution is -2.29. The van der Waals surface area contributed by atoms with Gasteiger partial charge in [0.1, 0.15) is 0 Å². The Morgan fingerprint density at radius 1 is 0.258 bits per heavy atom. The Hall–Kier alpha value is -7.37. The van der Waals surface area contributed by atoms with Gasteiger partial charge in [-0.1, -0.05) is 205 Å². The van der Waals surface area contributed by atoms with Crippen molar-refractivity contribution in [2.45, 2.75) is 0 Å². The highest BCUT2D eigenvalue weighted by molar-refractivity contribution is 6.58. The molecule has 0 saturated heterocycles. The second kappa shape index (κ2) is 22.0. The zero-order chi connectivity index (χ0) is 45.7. The summed E-state index contributed by atoms with van der Waals surface area (Å²) >= 11 is 17.7. The van der Waals surface area contributed by atoms with Crippen molar-refractivity contribution in [3.8, 4) is 79.2 Å². The Morgan fingerprint density at radius 2 is 0.485 bits per heavy atom. The van der Waals surface area contributed by atoms with Gasteiger partial charge in [-0.3, -0.25) is 0 Å². The highest BCUT2D eigenvalue weighted by Gasteiger charge is 2.14. The first kappa shape index (κ1) is 45.2. The third-order valence-corrected chi connectivity index (χ3v) is 10.8. The molecule has 0 saturated carbocycles. The highest BCUT2D eigenvalue weighted by atomic mass is 35.5. The lowest BCUT2D eigenvalue weighted by Gasteiger charge is -2.09. The molecule has 2 heterocycles. The molecule has 0 bridgehead atoms. The molecule has 320 valence electrons. The van der Waals surface area contributed by atoms with Gasteiger partial charge in [-0.15, -0.1) is 0 Å². The van der Waals surface area contributed by atoms with Crippen LogP contribution in [0.3, 0.4) is 0 Å². The van der Waals surface area contributed by atoms with E-state index in [4.69, 9.17) is 59.8 Å². The molecule has 8 aromatic carbocycles. The van der Waals surface area contributed by atoms with Gasteiger partial charge in [-0.2, -0.15) is 9.97 Å². The van der Waals surface area contributed by atoms with Crippen LogP contribution in [-0.2, 0) is 0 Å². The smallest absolute Gasteiger partial charge is 0.423 e. The molecule has 12 heteroatoms. The van der Waals surface area contributed by atoms with Crippen LogP contribution in [0.1, 0.15) is 0 Å². The number of rotatable bonds is 8. The molecule has 0 radical (unpaired) electrons. The Balaban J connectivity index is 0.000000151. The van der Waals surface area contributed by atoms with Crippen LogP contribution in [0.5, 0.6) is 0 Å². The van der Waals surface area contributed by atoms with E-state index in [-0.39, 0.29) is 5.28 Å². The summed E-state index contributed by atoms with van der Waals surface area (Å²) in [6, 6.07) is 70.5. The molecular weight excluding hydrogens is 882 g/mol. The van der Waals surface area contributed by atoms with Gasteiger partial charge in [0.05, 0.1) is 0 Å². The quantitative estimate of drug-likeness (QED) is 0.145. The van der Waals surface area contributed by atoms with Gasteiger partial charge in [-0.25, -0.2) is 19.9 Å². The molecule has 0 unspecified atom stereocenters. The average molecular weight is 920 g/mol. The summed E-state index contributed by atoms with van der Waals surface area (Å²) in [6.07, 6.45) is 0. The minimum absolute atomic E-state index is 0.191. The maximum Gasteiger partial charge on any atom is 0.488 e. The number of halogens is 3. The summed E-state index contributed by atoms with van der Waals surface area (Å²) in [7, 11) is -1.41. The maximum absolute atomic E-state index is 8.63. The molecule has 10 aromatic rings. The van der Waals surface area contributed by atoms with Crippen molar-refractivity contribution in [1.82, 2.24) is 29.9 Å². The summed E-state index contributed by atoms with van der Waals surface area (Å²) in [5.74, 6) is 3.04. The fourth-order valence-electron chi connectivity index (χ4n) is 6.66. The van der Waals surface area contributed by atoms with Gasteiger partial charge in [0.2, 0.25) is 5.28 Å². The predicted molar refractivity (Wildman–Crippen MR) is 269 cm³/mol. The van der Waals surface area contributed by atoms with Gasteiger partial charge < -0.3 is 10.0 Å². The first-order valence-electron chi connectivity index (χ1n) is 20.7. The molecular formula is C54H38BCl3N6O2. The molecule has 0 fully saturated rings. The largest absolute Gasteiger partial charge is 0.488 e. The lowest BCUT2D eigenvalue weighted by molar-refractivity contribution is 0.426. The summed E-state index contributed by atoms with van der Waals surface area (Å²) < 4.78 is 0. The number of nitrogens with zero attached hydrogens (tertiary/aromatic N) is 6. The van der Waals surface area contributed by atoms with E-state index in [0.29, 0.717) is 44.6 Å². The normalized spacial score (nSPS) is 10.5. The van der Waals surface area contributed by atoms with E-state index < -0.39 is 7.12 Å². The summed E-state index contributed by atoms with van der Waals surface area (Å²) in [6.45, 7) is 0. The monoisotopic (exact) mass is 918 g/mol. The van der Waals surface area contributed by atoms with E-state index in [2.05, 4.69) is 75.6 Å². The third-order valence-electron chi connectivity index (χ3n) is 10.1. The summed E-state index contributed by atoms with van der Waals surface area (Å²) in [5.41, 5.74) is 9.69. The van der Waals surface area contributed by atoms with Crippen LogP contribution < -0.4 is 5.46 Å². The molecule has 8 nitrogen and oxygen atoms in total. The Bertz CT molecular complexity index is 3100. The van der Waals surface area contributed by atoms with Crippen LogP contribution in [-0.4, -0.2) is 47.1 Å². The third kappa shape index (κ3) is 12.0. The summed E-state index contributed by atoms with van der Waals surface area (Å²) in [4.78, 5) is 27.3. The highest BCUT2D eigenvalue weighted by Crippen LogP contribution is 2.29. The van der Waals surface area contributed by atoms with E-state index in [9.17, 15) is 0 Å². The first-order chi connectivity index (χ1) is 32.3. The SMILES string of the molecule is Clc1ccc(-c2nc(-c3ccccc3)nc(-c3ccc(-c4ccccc4)cc3)n2)cc1.Clc1nc(-c2ccccc2)nc(-c2ccc(-c3ccccc3)cc2)n1.OB(O)c1ccc(Cl)cc1. The van der Waals surface area contributed by atoms with Gasteiger partial charge >= 0.3 is 7.12 Å². The lowest BCUT2D eigenvalue weighted by atomic mass is 9.81. The molecule has 2 N–H and O–H groups in total. The zero-order valence-electron chi connectivity index (χ0n) is 35.1. The van der Waals surface area contributed by atoms with E-state index in [1.807, 2.05) is 133 Å². The molecule has 10 rings (SSSR count). The first-order valence-corrected chi connectivity index (χ1v) is 21.9. The Kier molecular flexibility index (Phi) is 15.1. The van der Waals surface area contributed by atoms with Crippen LogP contribution in [0.15, 0.2) is 218 Å². The van der Waals surface area contributed by atoms with Crippen molar-refractivity contribution in [2.24, 2.45) is 0 Å². The zero-order valence-corrected chi connectivity index (χ0v) is 37.3. The summed E-state index contributed by atoms with van der Waals surface area (Å²) in [5, 5.41) is 18.7. The topological polar surface area (TPSA) is 118 Å². The van der Waals surface area contributed by atoms with Gasteiger partial charge in [0.15, 0.2) is 29.1 Å². The molecule has 0 aliphatic carbocycles. The number of hydrogen-bond acceptors (Lipinski definition) is 8. The molecule has 0 aliphatic heterocycles. The second-order valence-electron chi connectivity index (χ2n) is 14.6. The molecule has 0 spiro atoms. The Morgan fingerprint density at radius 3 is 0.803 bits per heavy atom. The molecule has 66 heavy (non-hydrogen) atoms.